The molecule has 2 amide bonds. The zero-order chi connectivity index (χ0) is 28.7. The van der Waals surface area contributed by atoms with Crippen LogP contribution in [0.15, 0.2) is 77.7 Å². The molecule has 40 heavy (non-hydrogen) atoms. The maximum atomic E-state index is 14.0. The number of amides is 2. The standard InChI is InChI=1S/C29H32ClN3O6S/c1-3-15-31-29(35)21(2)32(19-22-9-7-8-12-25(22)30)28(34)20-33(40(36,37)24-10-5-4-6-11-24)23-13-14-26-27(18-23)39-17-16-38-26/h4-14,18,21H,3,15-17,19-20H2,1-2H3,(H,31,35)/t21-/m1/s1. The van der Waals surface area contributed by atoms with E-state index in [2.05, 4.69) is 5.32 Å². The van der Waals surface area contributed by atoms with Gasteiger partial charge < -0.3 is 19.7 Å². The minimum Gasteiger partial charge on any atom is -0.486 e. The summed E-state index contributed by atoms with van der Waals surface area (Å²) in [5.41, 5.74) is 0.853. The van der Waals surface area contributed by atoms with Gasteiger partial charge in [0.1, 0.15) is 25.8 Å². The van der Waals surface area contributed by atoms with Crippen LogP contribution in [0.2, 0.25) is 5.02 Å². The summed E-state index contributed by atoms with van der Waals surface area (Å²) >= 11 is 6.39. The van der Waals surface area contributed by atoms with E-state index in [4.69, 9.17) is 21.1 Å². The largest absolute Gasteiger partial charge is 0.486 e. The third-order valence-corrected chi connectivity index (χ3v) is 8.60. The molecule has 212 valence electrons. The van der Waals surface area contributed by atoms with Gasteiger partial charge in [-0.15, -0.1) is 0 Å². The number of nitrogens with zero attached hydrogens (tertiary/aromatic N) is 2. The Hall–Kier alpha value is -3.76. The van der Waals surface area contributed by atoms with Crippen molar-refractivity contribution in [2.45, 2.75) is 37.8 Å². The number of hydrogen-bond donors (Lipinski definition) is 1. The first-order valence-electron chi connectivity index (χ1n) is 13.0. The molecule has 0 radical (unpaired) electrons. The summed E-state index contributed by atoms with van der Waals surface area (Å²) in [7, 11) is -4.19. The van der Waals surface area contributed by atoms with E-state index in [-0.39, 0.29) is 23.0 Å². The molecule has 1 aliphatic rings. The Morgan fingerprint density at radius 1 is 0.975 bits per heavy atom. The van der Waals surface area contributed by atoms with E-state index in [1.54, 1.807) is 61.5 Å². The zero-order valence-electron chi connectivity index (χ0n) is 22.4. The smallest absolute Gasteiger partial charge is 0.264 e. The number of fused-ring (bicyclic) bond motifs is 1. The van der Waals surface area contributed by atoms with Crippen molar-refractivity contribution in [3.63, 3.8) is 0 Å². The molecule has 0 bridgehead atoms. The number of carbonyl (C=O) groups excluding carboxylic acids is 2. The average Bonchev–Trinajstić information content (AvgIpc) is 2.97. The highest BCUT2D eigenvalue weighted by Gasteiger charge is 2.33. The number of benzene rings is 3. The second kappa shape index (κ2) is 13.1. The van der Waals surface area contributed by atoms with Crippen LogP contribution in [-0.4, -0.2) is 57.5 Å². The highest BCUT2D eigenvalue weighted by molar-refractivity contribution is 7.92. The zero-order valence-corrected chi connectivity index (χ0v) is 24.0. The fourth-order valence-corrected chi connectivity index (χ4v) is 5.85. The lowest BCUT2D eigenvalue weighted by atomic mass is 10.1. The molecular weight excluding hydrogens is 554 g/mol. The number of carbonyl (C=O) groups is 2. The van der Waals surface area contributed by atoms with Gasteiger partial charge in [0.05, 0.1) is 10.6 Å². The van der Waals surface area contributed by atoms with Crippen LogP contribution in [0.4, 0.5) is 5.69 Å². The van der Waals surface area contributed by atoms with Gasteiger partial charge in [-0.1, -0.05) is 54.9 Å². The fraction of sp³-hybridized carbons (Fsp3) is 0.310. The summed E-state index contributed by atoms with van der Waals surface area (Å²) in [4.78, 5) is 28.3. The summed E-state index contributed by atoms with van der Waals surface area (Å²) in [5.74, 6) is -0.0582. The van der Waals surface area contributed by atoms with Crippen molar-refractivity contribution in [3.05, 3.63) is 83.4 Å². The Balaban J connectivity index is 1.73. The lowest BCUT2D eigenvalue weighted by Gasteiger charge is -2.32. The Morgan fingerprint density at radius 2 is 1.65 bits per heavy atom. The molecule has 11 heteroatoms. The van der Waals surface area contributed by atoms with Gasteiger partial charge in [0.25, 0.3) is 10.0 Å². The molecule has 0 aromatic heterocycles. The van der Waals surface area contributed by atoms with Gasteiger partial charge in [-0.05, 0) is 49.2 Å². The van der Waals surface area contributed by atoms with Crippen LogP contribution in [0, 0.1) is 0 Å². The highest BCUT2D eigenvalue weighted by atomic mass is 35.5. The molecule has 4 rings (SSSR count). The molecule has 1 atom stereocenters. The monoisotopic (exact) mass is 585 g/mol. The van der Waals surface area contributed by atoms with Gasteiger partial charge >= 0.3 is 0 Å². The van der Waals surface area contributed by atoms with Gasteiger partial charge in [-0.25, -0.2) is 8.42 Å². The van der Waals surface area contributed by atoms with E-state index in [0.29, 0.717) is 41.8 Å². The molecule has 3 aromatic rings. The number of halogens is 1. The first kappa shape index (κ1) is 29.2. The van der Waals surface area contributed by atoms with Crippen LogP contribution in [0.1, 0.15) is 25.8 Å². The van der Waals surface area contributed by atoms with Crippen molar-refractivity contribution in [1.82, 2.24) is 10.2 Å². The Kier molecular flexibility index (Phi) is 9.54. The molecule has 1 aliphatic heterocycles. The second-order valence-corrected chi connectivity index (χ2v) is 11.5. The van der Waals surface area contributed by atoms with Crippen molar-refractivity contribution in [3.8, 4) is 11.5 Å². The summed E-state index contributed by atoms with van der Waals surface area (Å²) in [6, 6.07) is 18.7. The molecule has 9 nitrogen and oxygen atoms in total. The molecule has 0 fully saturated rings. The third-order valence-electron chi connectivity index (χ3n) is 6.44. The molecular formula is C29H32ClN3O6S. The van der Waals surface area contributed by atoms with E-state index in [0.717, 1.165) is 10.7 Å². The number of anilines is 1. The lowest BCUT2D eigenvalue weighted by molar-refractivity contribution is -0.139. The second-order valence-electron chi connectivity index (χ2n) is 9.23. The minimum absolute atomic E-state index is 0.0135. The molecule has 0 spiro atoms. The van der Waals surface area contributed by atoms with Crippen LogP contribution >= 0.6 is 11.6 Å². The first-order valence-corrected chi connectivity index (χ1v) is 14.8. The van der Waals surface area contributed by atoms with E-state index in [1.165, 1.54) is 23.1 Å². The molecule has 0 aliphatic carbocycles. The number of nitrogens with one attached hydrogen (secondary N) is 1. The van der Waals surface area contributed by atoms with E-state index in [9.17, 15) is 18.0 Å². The van der Waals surface area contributed by atoms with Crippen molar-refractivity contribution in [2.24, 2.45) is 0 Å². The van der Waals surface area contributed by atoms with Crippen LogP contribution < -0.4 is 19.1 Å². The van der Waals surface area contributed by atoms with Crippen molar-refractivity contribution in [2.75, 3.05) is 30.6 Å². The lowest BCUT2D eigenvalue weighted by Crippen LogP contribution is -2.51. The molecule has 0 saturated carbocycles. The van der Waals surface area contributed by atoms with Gasteiger partial charge in [-0.2, -0.15) is 0 Å². The maximum absolute atomic E-state index is 14.0. The summed E-state index contributed by atoms with van der Waals surface area (Å²) in [6.07, 6.45) is 0.726. The number of sulfonamides is 1. The molecule has 1 N–H and O–H groups in total. The van der Waals surface area contributed by atoms with Crippen LogP contribution in [-0.2, 0) is 26.2 Å². The van der Waals surface area contributed by atoms with Gasteiger partial charge in [-0.3, -0.25) is 13.9 Å². The Bertz CT molecular complexity index is 1450. The van der Waals surface area contributed by atoms with Crippen molar-refractivity contribution >= 4 is 39.1 Å². The Morgan fingerprint density at radius 3 is 2.35 bits per heavy atom. The van der Waals surface area contributed by atoms with Crippen LogP contribution in [0.5, 0.6) is 11.5 Å². The predicted octanol–water partition coefficient (Wildman–Crippen LogP) is 4.25. The number of hydrogen-bond acceptors (Lipinski definition) is 6. The highest BCUT2D eigenvalue weighted by Crippen LogP contribution is 2.36. The topological polar surface area (TPSA) is 105 Å². The summed E-state index contributed by atoms with van der Waals surface area (Å²) in [6.45, 7) is 4.13. The summed E-state index contributed by atoms with van der Waals surface area (Å²) < 4.78 is 40.1. The van der Waals surface area contributed by atoms with Crippen molar-refractivity contribution < 1.29 is 27.5 Å². The van der Waals surface area contributed by atoms with E-state index >= 15 is 0 Å². The average molecular weight is 586 g/mol. The van der Waals surface area contributed by atoms with E-state index < -0.39 is 28.5 Å². The normalized spacial score (nSPS) is 13.3. The van der Waals surface area contributed by atoms with Gasteiger partial charge in [0.2, 0.25) is 11.8 Å². The molecule has 0 unspecified atom stereocenters. The van der Waals surface area contributed by atoms with Gasteiger partial charge in [0, 0.05) is 24.2 Å². The van der Waals surface area contributed by atoms with Crippen molar-refractivity contribution in [1.29, 1.82) is 0 Å². The van der Waals surface area contributed by atoms with Crippen LogP contribution in [0.3, 0.4) is 0 Å². The fourth-order valence-electron chi connectivity index (χ4n) is 4.22. The predicted molar refractivity (Wildman–Crippen MR) is 153 cm³/mol. The van der Waals surface area contributed by atoms with Crippen LogP contribution in [0.25, 0.3) is 0 Å². The molecule has 0 saturated heterocycles. The quantitative estimate of drug-likeness (QED) is 0.361. The van der Waals surface area contributed by atoms with E-state index in [1.807, 2.05) is 6.92 Å². The molecule has 1 heterocycles. The summed E-state index contributed by atoms with van der Waals surface area (Å²) in [5, 5.41) is 3.25. The number of ether oxygens (including phenoxy) is 2. The molecule has 3 aromatic carbocycles. The maximum Gasteiger partial charge on any atom is 0.264 e. The first-order chi connectivity index (χ1) is 19.2. The Labute approximate surface area is 239 Å². The minimum atomic E-state index is -4.19. The third kappa shape index (κ3) is 6.68. The van der Waals surface area contributed by atoms with Gasteiger partial charge in [0.15, 0.2) is 11.5 Å². The SMILES string of the molecule is CCCNC(=O)[C@@H](C)N(Cc1ccccc1Cl)C(=O)CN(c1ccc2c(c1)OCCO2)S(=O)(=O)c1ccccc1. The number of rotatable bonds is 11.